The van der Waals surface area contributed by atoms with E-state index < -0.39 is 0 Å². The number of piperidine rings is 1. The number of hydrogen-bond acceptors (Lipinski definition) is 1. The Bertz CT molecular complexity index is 130. The summed E-state index contributed by atoms with van der Waals surface area (Å²) in [7, 11) is 1.87. The topological polar surface area (TPSA) is 9.23 Å². The van der Waals surface area contributed by atoms with Crippen molar-refractivity contribution in [1.82, 2.24) is 0 Å². The molecule has 0 aromatic heterocycles. The van der Waals surface area contributed by atoms with Gasteiger partial charge in [-0.2, -0.15) is 4.65 Å². The summed E-state index contributed by atoms with van der Waals surface area (Å²) in [6.45, 7) is 5.96. The highest BCUT2D eigenvalue weighted by atomic mass is 16.7. The maximum atomic E-state index is 5.66. The van der Waals surface area contributed by atoms with Crippen LogP contribution in [0.1, 0.15) is 45.4 Å². The maximum Gasteiger partial charge on any atom is 0.109 e. The lowest BCUT2D eigenvalue weighted by atomic mass is 10.1. The Morgan fingerprint density at radius 3 is 2.31 bits per heavy atom. The molecule has 0 radical (unpaired) electrons. The molecule has 1 saturated heterocycles. The molecule has 0 aromatic carbocycles. The number of hydrogen-bond donors (Lipinski definition) is 0. The summed E-state index contributed by atoms with van der Waals surface area (Å²) in [5.74, 6) is 0. The predicted molar refractivity (Wildman–Crippen MR) is 55.2 cm³/mol. The summed E-state index contributed by atoms with van der Waals surface area (Å²) in [4.78, 5) is 5.66. The molecular weight excluding hydrogens is 162 g/mol. The molecule has 78 valence electrons. The summed E-state index contributed by atoms with van der Waals surface area (Å²) in [6, 6.07) is 0. The standard InChI is InChI=1S/C11H24NO/c1-3-4-6-9-12(13-2)10-7-5-8-11-12/h3-11H2,1-2H3/q+1. The summed E-state index contributed by atoms with van der Waals surface area (Å²) in [5, 5.41) is 0. The molecular formula is C11H24NO+. The second kappa shape index (κ2) is 5.61. The van der Waals surface area contributed by atoms with Crippen LogP contribution in [0.3, 0.4) is 0 Å². The predicted octanol–water partition coefficient (Wildman–Crippen LogP) is 2.74. The van der Waals surface area contributed by atoms with Gasteiger partial charge in [0, 0.05) is 0 Å². The Morgan fingerprint density at radius 1 is 1.08 bits per heavy atom. The minimum Gasteiger partial charge on any atom is -0.206 e. The third-order valence-corrected chi connectivity index (χ3v) is 3.19. The van der Waals surface area contributed by atoms with E-state index in [9.17, 15) is 0 Å². The number of unbranched alkanes of at least 4 members (excludes halogenated alkanes) is 2. The van der Waals surface area contributed by atoms with Gasteiger partial charge in [0.1, 0.15) is 19.6 Å². The van der Waals surface area contributed by atoms with Crippen LogP contribution in [0.15, 0.2) is 0 Å². The van der Waals surface area contributed by atoms with Crippen LogP contribution in [-0.2, 0) is 4.84 Å². The molecule has 1 rings (SSSR count). The fraction of sp³-hybridized carbons (Fsp3) is 1.00. The van der Waals surface area contributed by atoms with Crippen LogP contribution in [0.4, 0.5) is 0 Å². The first-order chi connectivity index (χ1) is 6.33. The van der Waals surface area contributed by atoms with Crippen molar-refractivity contribution in [3.05, 3.63) is 0 Å². The van der Waals surface area contributed by atoms with Crippen molar-refractivity contribution in [2.24, 2.45) is 0 Å². The summed E-state index contributed by atoms with van der Waals surface area (Å²) in [6.07, 6.45) is 8.08. The lowest BCUT2D eigenvalue weighted by Crippen LogP contribution is -2.50. The number of rotatable bonds is 5. The van der Waals surface area contributed by atoms with E-state index in [2.05, 4.69) is 6.92 Å². The number of hydroxylamine groups is 3. The monoisotopic (exact) mass is 186 g/mol. The Labute approximate surface area is 82.4 Å². The average Bonchev–Trinajstić information content (AvgIpc) is 2.20. The van der Waals surface area contributed by atoms with E-state index in [-0.39, 0.29) is 0 Å². The highest BCUT2D eigenvalue weighted by molar-refractivity contribution is 4.50. The minimum atomic E-state index is 0.931. The molecule has 2 nitrogen and oxygen atoms in total. The fourth-order valence-corrected chi connectivity index (χ4v) is 2.24. The van der Waals surface area contributed by atoms with Crippen LogP contribution in [0.25, 0.3) is 0 Å². The molecule has 1 aliphatic heterocycles. The van der Waals surface area contributed by atoms with Gasteiger partial charge in [0.05, 0.1) is 7.11 Å². The molecule has 0 saturated carbocycles. The highest BCUT2D eigenvalue weighted by Gasteiger charge is 2.29. The lowest BCUT2D eigenvalue weighted by Gasteiger charge is -2.37. The van der Waals surface area contributed by atoms with Crippen LogP contribution in [-0.4, -0.2) is 31.4 Å². The smallest absolute Gasteiger partial charge is 0.109 e. The second-order valence-corrected chi connectivity index (χ2v) is 4.18. The fourth-order valence-electron chi connectivity index (χ4n) is 2.24. The van der Waals surface area contributed by atoms with E-state index >= 15 is 0 Å². The SMILES string of the molecule is CCCCC[N+]1(OC)CCCCC1. The van der Waals surface area contributed by atoms with E-state index in [0.29, 0.717) is 0 Å². The van der Waals surface area contributed by atoms with E-state index in [1.165, 1.54) is 58.2 Å². The van der Waals surface area contributed by atoms with Gasteiger partial charge in [-0.25, -0.2) is 4.84 Å². The van der Waals surface area contributed by atoms with Gasteiger partial charge in [-0.15, -0.1) is 0 Å². The van der Waals surface area contributed by atoms with Crippen LogP contribution < -0.4 is 0 Å². The molecule has 0 amide bonds. The third kappa shape index (κ3) is 3.28. The molecule has 0 bridgehead atoms. The molecule has 0 atom stereocenters. The third-order valence-electron chi connectivity index (χ3n) is 3.19. The van der Waals surface area contributed by atoms with E-state index in [0.717, 1.165) is 4.65 Å². The highest BCUT2D eigenvalue weighted by Crippen LogP contribution is 2.20. The summed E-state index contributed by atoms with van der Waals surface area (Å²) in [5.41, 5.74) is 0. The van der Waals surface area contributed by atoms with Crippen molar-refractivity contribution in [2.75, 3.05) is 26.7 Å². The second-order valence-electron chi connectivity index (χ2n) is 4.18. The van der Waals surface area contributed by atoms with Gasteiger partial charge in [-0.1, -0.05) is 13.3 Å². The Hall–Kier alpha value is -0.0800. The van der Waals surface area contributed by atoms with Gasteiger partial charge in [0.25, 0.3) is 0 Å². The first-order valence-electron chi connectivity index (χ1n) is 5.75. The van der Waals surface area contributed by atoms with Gasteiger partial charge in [-0.05, 0) is 32.1 Å². The molecule has 0 N–H and O–H groups in total. The van der Waals surface area contributed by atoms with Crippen LogP contribution in [0.2, 0.25) is 0 Å². The quantitative estimate of drug-likeness (QED) is 0.474. The van der Waals surface area contributed by atoms with Gasteiger partial charge in [0.15, 0.2) is 0 Å². The van der Waals surface area contributed by atoms with Crippen molar-refractivity contribution in [3.8, 4) is 0 Å². The minimum absolute atomic E-state index is 0.931. The number of likely N-dealkylation sites (tertiary alicyclic amines) is 1. The summed E-state index contributed by atoms with van der Waals surface area (Å²) >= 11 is 0. The molecule has 0 spiro atoms. The molecule has 0 unspecified atom stereocenters. The first-order valence-corrected chi connectivity index (χ1v) is 5.75. The Kier molecular flexibility index (Phi) is 4.74. The van der Waals surface area contributed by atoms with E-state index in [1.54, 1.807) is 0 Å². The molecule has 1 fully saturated rings. The first kappa shape index (κ1) is 11.0. The molecule has 1 heterocycles. The molecule has 2 heteroatoms. The van der Waals surface area contributed by atoms with Crippen molar-refractivity contribution in [3.63, 3.8) is 0 Å². The van der Waals surface area contributed by atoms with Crippen molar-refractivity contribution in [2.45, 2.75) is 45.4 Å². The van der Waals surface area contributed by atoms with Gasteiger partial charge in [0.2, 0.25) is 0 Å². The van der Waals surface area contributed by atoms with Crippen LogP contribution >= 0.6 is 0 Å². The Morgan fingerprint density at radius 2 is 1.77 bits per heavy atom. The molecule has 0 aliphatic carbocycles. The molecule has 0 aromatic rings. The number of quaternary nitrogens is 1. The summed E-state index contributed by atoms with van der Waals surface area (Å²) < 4.78 is 0.931. The van der Waals surface area contributed by atoms with Gasteiger partial charge < -0.3 is 0 Å². The van der Waals surface area contributed by atoms with E-state index in [1.807, 2.05) is 7.11 Å². The van der Waals surface area contributed by atoms with Gasteiger partial charge >= 0.3 is 0 Å². The average molecular weight is 186 g/mol. The maximum absolute atomic E-state index is 5.66. The zero-order valence-electron chi connectivity index (χ0n) is 9.22. The largest absolute Gasteiger partial charge is 0.206 e. The zero-order valence-corrected chi connectivity index (χ0v) is 9.22. The van der Waals surface area contributed by atoms with Crippen molar-refractivity contribution in [1.29, 1.82) is 0 Å². The Balaban J connectivity index is 2.29. The lowest BCUT2D eigenvalue weighted by molar-refractivity contribution is -1.10. The molecule has 13 heavy (non-hydrogen) atoms. The van der Waals surface area contributed by atoms with E-state index in [4.69, 9.17) is 4.84 Å². The van der Waals surface area contributed by atoms with Crippen molar-refractivity contribution >= 4 is 0 Å². The van der Waals surface area contributed by atoms with Crippen LogP contribution in [0.5, 0.6) is 0 Å². The normalized spacial score (nSPS) is 21.7. The van der Waals surface area contributed by atoms with Crippen molar-refractivity contribution < 1.29 is 9.48 Å². The molecule has 1 aliphatic rings. The zero-order chi connectivity index (χ0) is 9.57. The van der Waals surface area contributed by atoms with Crippen LogP contribution in [0, 0.1) is 0 Å². The van der Waals surface area contributed by atoms with Gasteiger partial charge in [-0.3, -0.25) is 0 Å². The number of nitrogens with zero attached hydrogens (tertiary/aromatic N) is 1.